The van der Waals surface area contributed by atoms with Crippen molar-refractivity contribution in [3.63, 3.8) is 0 Å². The van der Waals surface area contributed by atoms with Gasteiger partial charge in [-0.2, -0.15) is 0 Å². The van der Waals surface area contributed by atoms with Gasteiger partial charge in [0.15, 0.2) is 0 Å². The molecule has 8 aliphatic carbocycles. The van der Waals surface area contributed by atoms with Gasteiger partial charge in [-0.3, -0.25) is 9.59 Å². The summed E-state index contributed by atoms with van der Waals surface area (Å²) in [6.45, 7) is 0. The van der Waals surface area contributed by atoms with Crippen molar-refractivity contribution in [1.82, 2.24) is 0 Å². The summed E-state index contributed by atoms with van der Waals surface area (Å²) in [5, 5.41) is 33.8. The minimum Gasteiger partial charge on any atom is -0.459 e. The summed E-state index contributed by atoms with van der Waals surface area (Å²) in [6, 6.07) is 0. The lowest BCUT2D eigenvalue weighted by molar-refractivity contribution is -0.330. The first kappa shape index (κ1) is 25.0. The van der Waals surface area contributed by atoms with Crippen LogP contribution in [-0.2, 0) is 19.1 Å². The number of aliphatic hydroxyl groups is 3. The van der Waals surface area contributed by atoms with Gasteiger partial charge in [0.05, 0.1) is 34.4 Å². The fourth-order valence-corrected chi connectivity index (χ4v) is 14.2. The second-order valence-corrected chi connectivity index (χ2v) is 18.1. The number of halogens is 3. The summed E-state index contributed by atoms with van der Waals surface area (Å²) in [5.41, 5.74) is -5.09. The normalized spacial score (nSPS) is 56.6. The predicted molar refractivity (Wildman–Crippen MR) is 139 cm³/mol. The van der Waals surface area contributed by atoms with E-state index in [2.05, 4.69) is 45.2 Å². The van der Waals surface area contributed by atoms with Crippen LogP contribution in [0.15, 0.2) is 0 Å². The Bertz CT molecular complexity index is 899. The van der Waals surface area contributed by atoms with Crippen molar-refractivity contribution >= 4 is 68.0 Å². The Kier molecular flexibility index (Phi) is 5.32. The smallest absolute Gasteiger partial charge is 0.306 e. The third-order valence-corrected chi connectivity index (χ3v) is 11.5. The van der Waals surface area contributed by atoms with E-state index < -0.39 is 44.8 Å². The highest BCUT2D eigenvalue weighted by Gasteiger charge is 2.74. The van der Waals surface area contributed by atoms with Gasteiger partial charge in [0.1, 0.15) is 5.60 Å². The van der Waals surface area contributed by atoms with Gasteiger partial charge in [0, 0.05) is 58.2 Å². The highest BCUT2D eigenvalue weighted by atomic mass is 127. The molecule has 3 N–H and O–H groups in total. The summed E-state index contributed by atoms with van der Waals surface area (Å²) >= 11 is 10.3. The third kappa shape index (κ3) is 4.19. The third-order valence-electron chi connectivity index (χ3n) is 9.05. The van der Waals surface area contributed by atoms with E-state index in [1.165, 1.54) is 0 Å². The minimum absolute atomic E-state index is 0.0736. The molecule has 0 radical (unpaired) electrons. The second kappa shape index (κ2) is 7.22. The molecule has 0 aromatic carbocycles. The zero-order chi connectivity index (χ0) is 24.5. The maximum absolute atomic E-state index is 12.7. The van der Waals surface area contributed by atoms with Crippen molar-refractivity contribution < 1.29 is 34.4 Å². The van der Waals surface area contributed by atoms with Crippen LogP contribution < -0.4 is 0 Å². The molecule has 10 heteroatoms. The number of esters is 1. The Labute approximate surface area is 231 Å². The average molecular weight is 721 g/mol. The molecular weight excluding hydrogens is 690 g/mol. The summed E-state index contributed by atoms with van der Waals surface area (Å²) in [6.07, 6.45) is 6.67. The lowest BCUT2D eigenvalue weighted by Gasteiger charge is -2.71. The number of ether oxygens (including phenoxy) is 2. The molecule has 6 unspecified atom stereocenters. The Balaban J connectivity index is 1.32. The number of alkyl halides is 2. The van der Waals surface area contributed by atoms with Crippen LogP contribution in [0.2, 0.25) is 0 Å². The molecule has 8 bridgehead atoms. The lowest BCUT2D eigenvalue weighted by atomic mass is 9.48. The number of rotatable bonds is 6. The first-order valence-corrected chi connectivity index (χ1v) is 14.7. The molecule has 0 saturated heterocycles. The second-order valence-electron chi connectivity index (χ2n) is 13.1. The van der Waals surface area contributed by atoms with Crippen LogP contribution >= 0.6 is 56.8 Å². The van der Waals surface area contributed by atoms with E-state index in [1.807, 2.05) is 0 Å². The van der Waals surface area contributed by atoms with Gasteiger partial charge < -0.3 is 24.8 Å². The largest absolute Gasteiger partial charge is 0.459 e. The Morgan fingerprint density at radius 3 is 1.59 bits per heavy atom. The maximum Gasteiger partial charge on any atom is 0.306 e. The monoisotopic (exact) mass is 720 g/mol. The van der Waals surface area contributed by atoms with Crippen molar-refractivity contribution in [2.45, 2.75) is 130 Å². The molecule has 6 atom stereocenters. The molecule has 8 saturated carbocycles. The Morgan fingerprint density at radius 2 is 1.09 bits per heavy atom. The highest BCUT2D eigenvalue weighted by molar-refractivity contribution is 14.1. The predicted octanol–water partition coefficient (Wildman–Crippen LogP) is 3.61. The zero-order valence-corrected chi connectivity index (χ0v) is 24.1. The van der Waals surface area contributed by atoms with Gasteiger partial charge in [-0.25, -0.2) is 0 Å². The number of hydrogen-bond donors (Lipinski definition) is 3. The van der Waals surface area contributed by atoms with Crippen LogP contribution in [0.3, 0.4) is 0 Å². The van der Waals surface area contributed by atoms with Gasteiger partial charge in [-0.05, 0) is 43.7 Å². The van der Waals surface area contributed by atoms with Crippen LogP contribution in [0.5, 0.6) is 0 Å². The minimum atomic E-state index is -1.00. The van der Waals surface area contributed by atoms with Crippen molar-refractivity contribution in [2.24, 2.45) is 0 Å². The van der Waals surface area contributed by atoms with E-state index in [1.54, 1.807) is 0 Å². The van der Waals surface area contributed by atoms with Gasteiger partial charge in [-0.1, -0.05) is 45.2 Å². The quantitative estimate of drug-likeness (QED) is 0.167. The number of carbonyl (C=O) groups is 2. The van der Waals surface area contributed by atoms with E-state index in [-0.39, 0.29) is 19.7 Å². The van der Waals surface area contributed by atoms with Crippen molar-refractivity contribution in [3.05, 3.63) is 0 Å². The SMILES string of the molecule is O=C(Cl)CCC(=O)OC12CC3(O)CC(I)(C1)CC(OC14CC5(O)CC(O)(CC(I)(C5)C1)C4)(C3)C2. The molecule has 0 amide bonds. The van der Waals surface area contributed by atoms with Crippen LogP contribution in [-0.4, -0.2) is 67.0 Å². The summed E-state index contributed by atoms with van der Waals surface area (Å²) in [5.74, 6) is -0.473. The highest BCUT2D eigenvalue weighted by Crippen LogP contribution is 2.70. The number of hydrogen-bond acceptors (Lipinski definition) is 7. The van der Waals surface area contributed by atoms with Gasteiger partial charge in [0.25, 0.3) is 0 Å². The maximum atomic E-state index is 12.7. The van der Waals surface area contributed by atoms with Crippen molar-refractivity contribution in [1.29, 1.82) is 0 Å². The molecule has 0 aromatic heterocycles. The number of carbonyl (C=O) groups excluding carboxylic acids is 2. The van der Waals surface area contributed by atoms with E-state index >= 15 is 0 Å². The molecule has 190 valence electrons. The van der Waals surface area contributed by atoms with E-state index in [4.69, 9.17) is 21.1 Å². The molecule has 0 spiro atoms. The fraction of sp³-hybridized carbons (Fsp3) is 0.917. The zero-order valence-electron chi connectivity index (χ0n) is 19.0. The van der Waals surface area contributed by atoms with Crippen molar-refractivity contribution in [2.75, 3.05) is 0 Å². The van der Waals surface area contributed by atoms with Crippen LogP contribution in [0.4, 0.5) is 0 Å². The summed E-state index contributed by atoms with van der Waals surface area (Å²) < 4.78 is 12.7. The molecule has 0 heterocycles. The van der Waals surface area contributed by atoms with Crippen molar-refractivity contribution in [3.8, 4) is 0 Å². The first-order valence-electron chi connectivity index (χ1n) is 12.2. The topological polar surface area (TPSA) is 113 Å². The van der Waals surface area contributed by atoms with Crippen LogP contribution in [0.25, 0.3) is 0 Å². The van der Waals surface area contributed by atoms with Gasteiger partial charge in [-0.15, -0.1) is 0 Å². The molecule has 0 aromatic rings. The lowest BCUT2D eigenvalue weighted by Crippen LogP contribution is -2.76. The fourth-order valence-electron chi connectivity index (χ4n) is 9.88. The Morgan fingerprint density at radius 1 is 0.647 bits per heavy atom. The van der Waals surface area contributed by atoms with Gasteiger partial charge in [0.2, 0.25) is 5.24 Å². The summed E-state index contributed by atoms with van der Waals surface area (Å²) in [4.78, 5) is 23.8. The molecule has 8 rings (SSSR count). The van der Waals surface area contributed by atoms with Gasteiger partial charge >= 0.3 is 5.97 Å². The molecule has 8 aliphatic rings. The molecule has 8 fully saturated rings. The van der Waals surface area contributed by atoms with Crippen LogP contribution in [0, 0.1) is 0 Å². The standard InChI is InChI=1S/C24H31ClI2O7/c25-15(28)1-2-16(29)33-22-6-18(27)5-21(32,10-22)13-24(8-18,14-22)34-23-7-17(26)3-19(30,11-23)9-20(31,4-17)12-23/h30-32H,1-14H2. The average Bonchev–Trinajstić information content (AvgIpc) is 2.50. The van der Waals surface area contributed by atoms with Crippen LogP contribution in [0.1, 0.15) is 89.9 Å². The summed E-state index contributed by atoms with van der Waals surface area (Å²) in [7, 11) is 0. The molecule has 0 aliphatic heterocycles. The first-order chi connectivity index (χ1) is 15.5. The van der Waals surface area contributed by atoms with E-state index in [0.29, 0.717) is 64.2 Å². The van der Waals surface area contributed by atoms with E-state index in [0.717, 1.165) is 12.8 Å². The molecule has 7 nitrogen and oxygen atoms in total. The van der Waals surface area contributed by atoms with E-state index in [9.17, 15) is 24.9 Å². The Hall–Kier alpha value is 0.730. The molecule has 34 heavy (non-hydrogen) atoms. The molecular formula is C24H31ClI2O7.